The van der Waals surface area contributed by atoms with Gasteiger partial charge in [-0.1, -0.05) is 5.16 Å². The quantitative estimate of drug-likeness (QED) is 0.891. The van der Waals surface area contributed by atoms with E-state index in [-0.39, 0.29) is 23.4 Å². The number of hydrogen-bond donors (Lipinski definition) is 1. The molecule has 4 heterocycles. The zero-order valence-corrected chi connectivity index (χ0v) is 15.7. The van der Waals surface area contributed by atoms with Gasteiger partial charge in [0.25, 0.3) is 0 Å². The number of carbonyl (C=O) groups excluding carboxylic acids is 1. The number of aromatic nitrogens is 3. The van der Waals surface area contributed by atoms with Crippen LogP contribution in [0, 0.1) is 5.41 Å². The summed E-state index contributed by atoms with van der Waals surface area (Å²) in [6, 6.07) is 3.81. The molecule has 0 saturated carbocycles. The number of nitrogens with zero attached hydrogens (tertiary/aromatic N) is 4. The van der Waals surface area contributed by atoms with E-state index < -0.39 is 0 Å². The molecule has 1 unspecified atom stereocenters. The predicted molar refractivity (Wildman–Crippen MR) is 98.0 cm³/mol. The number of hydrogen-bond acceptors (Lipinski definition) is 6. The maximum absolute atomic E-state index is 12.6. The highest BCUT2D eigenvalue weighted by atomic mass is 16.5. The summed E-state index contributed by atoms with van der Waals surface area (Å²) in [7, 11) is 0. The van der Waals surface area contributed by atoms with Crippen molar-refractivity contribution in [1.82, 2.24) is 25.3 Å². The molecule has 8 heteroatoms. The Morgan fingerprint density at radius 1 is 1.37 bits per heavy atom. The van der Waals surface area contributed by atoms with Crippen LogP contribution in [0.4, 0.5) is 4.79 Å². The minimum absolute atomic E-state index is 0.0113. The van der Waals surface area contributed by atoms with Crippen LogP contribution in [0.25, 0.3) is 11.4 Å². The van der Waals surface area contributed by atoms with Gasteiger partial charge >= 0.3 is 6.03 Å². The number of amides is 2. The number of ether oxygens (including phenoxy) is 1. The lowest BCUT2D eigenvalue weighted by molar-refractivity contribution is 0.00940. The maximum atomic E-state index is 12.6. The normalized spacial score (nSPS) is 21.7. The number of likely N-dealkylation sites (tertiary alicyclic amines) is 1. The smallest absolute Gasteiger partial charge is 0.317 e. The molecule has 0 aliphatic carbocycles. The Hall–Kier alpha value is -2.48. The summed E-state index contributed by atoms with van der Waals surface area (Å²) in [5.41, 5.74) is 0.742. The van der Waals surface area contributed by atoms with Crippen molar-refractivity contribution in [2.45, 2.75) is 38.6 Å². The predicted octanol–water partition coefficient (Wildman–Crippen LogP) is 2.45. The molecule has 8 nitrogen and oxygen atoms in total. The summed E-state index contributed by atoms with van der Waals surface area (Å²) in [4.78, 5) is 23.2. The van der Waals surface area contributed by atoms with Crippen LogP contribution in [0.1, 0.15) is 38.5 Å². The first-order chi connectivity index (χ1) is 13.1. The third-order valence-corrected chi connectivity index (χ3v) is 5.50. The Balaban J connectivity index is 1.61. The highest BCUT2D eigenvalue weighted by Crippen LogP contribution is 2.49. The molecular formula is C19H25N5O3. The molecule has 1 spiro atoms. The molecule has 2 aliphatic rings. The Labute approximate surface area is 158 Å². The minimum atomic E-state index is -0.0781. The number of urea groups is 1. The van der Waals surface area contributed by atoms with Crippen LogP contribution in [-0.2, 0) is 4.74 Å². The van der Waals surface area contributed by atoms with Gasteiger partial charge in [0.15, 0.2) is 0 Å². The molecule has 4 rings (SSSR count). The summed E-state index contributed by atoms with van der Waals surface area (Å²) < 4.78 is 11.2. The van der Waals surface area contributed by atoms with E-state index in [1.165, 1.54) is 0 Å². The fourth-order valence-corrected chi connectivity index (χ4v) is 4.08. The fourth-order valence-electron chi connectivity index (χ4n) is 4.08. The van der Waals surface area contributed by atoms with Gasteiger partial charge in [0.1, 0.15) is 0 Å². The number of nitrogens with one attached hydrogen (secondary N) is 1. The Morgan fingerprint density at radius 2 is 2.19 bits per heavy atom. The van der Waals surface area contributed by atoms with E-state index >= 15 is 0 Å². The van der Waals surface area contributed by atoms with Gasteiger partial charge in [-0.05, 0) is 38.8 Å². The lowest BCUT2D eigenvalue weighted by atomic mass is 9.72. The largest absolute Gasteiger partial charge is 0.381 e. The molecule has 1 N–H and O–H groups in total. The third kappa shape index (κ3) is 3.53. The first-order valence-electron chi connectivity index (χ1n) is 9.45. The van der Waals surface area contributed by atoms with Crippen molar-refractivity contribution >= 4 is 6.03 Å². The Morgan fingerprint density at radius 3 is 2.89 bits per heavy atom. The molecule has 144 valence electrons. The minimum Gasteiger partial charge on any atom is -0.381 e. The summed E-state index contributed by atoms with van der Waals surface area (Å²) in [6.07, 6.45) is 5.20. The van der Waals surface area contributed by atoms with E-state index in [1.54, 1.807) is 12.4 Å². The van der Waals surface area contributed by atoms with Gasteiger partial charge in [-0.25, -0.2) is 4.79 Å². The topological polar surface area (TPSA) is 93.4 Å². The molecule has 0 aromatic carbocycles. The van der Waals surface area contributed by atoms with Gasteiger partial charge in [0, 0.05) is 55.7 Å². The second-order valence-electron chi connectivity index (χ2n) is 7.71. The van der Waals surface area contributed by atoms with Gasteiger partial charge in [-0.3, -0.25) is 4.98 Å². The number of pyridine rings is 1. The summed E-state index contributed by atoms with van der Waals surface area (Å²) in [5, 5.41) is 7.14. The SMILES string of the molecule is CC(C)NC(=O)N1CC(c2nc(-c3cccnc3)no2)C2(CCOCC2)C1. The van der Waals surface area contributed by atoms with Crippen LogP contribution in [0.15, 0.2) is 29.0 Å². The second kappa shape index (κ2) is 7.26. The van der Waals surface area contributed by atoms with Crippen LogP contribution in [0.2, 0.25) is 0 Å². The van der Waals surface area contributed by atoms with Crippen LogP contribution in [-0.4, -0.2) is 58.4 Å². The van der Waals surface area contributed by atoms with E-state index in [0.29, 0.717) is 38.0 Å². The third-order valence-electron chi connectivity index (χ3n) is 5.50. The van der Waals surface area contributed by atoms with Gasteiger partial charge < -0.3 is 19.5 Å². The summed E-state index contributed by atoms with van der Waals surface area (Å²) in [6.45, 7) is 6.58. The molecule has 2 aliphatic heterocycles. The van der Waals surface area contributed by atoms with Gasteiger partial charge in [-0.2, -0.15) is 4.98 Å². The van der Waals surface area contributed by atoms with Crippen molar-refractivity contribution in [3.63, 3.8) is 0 Å². The average Bonchev–Trinajstić information content (AvgIpc) is 3.28. The van der Waals surface area contributed by atoms with Crippen molar-refractivity contribution in [2.75, 3.05) is 26.3 Å². The monoisotopic (exact) mass is 371 g/mol. The van der Waals surface area contributed by atoms with Gasteiger partial charge in [-0.15, -0.1) is 0 Å². The van der Waals surface area contributed by atoms with E-state index in [0.717, 1.165) is 18.4 Å². The summed E-state index contributed by atoms with van der Waals surface area (Å²) in [5.74, 6) is 1.14. The first kappa shape index (κ1) is 17.9. The molecule has 2 fully saturated rings. The van der Waals surface area contributed by atoms with Gasteiger partial charge in [0.05, 0.1) is 5.92 Å². The molecule has 27 heavy (non-hydrogen) atoms. The van der Waals surface area contributed by atoms with Crippen molar-refractivity contribution in [3.8, 4) is 11.4 Å². The van der Waals surface area contributed by atoms with Crippen molar-refractivity contribution in [3.05, 3.63) is 30.4 Å². The maximum Gasteiger partial charge on any atom is 0.317 e. The number of rotatable bonds is 3. The van der Waals surface area contributed by atoms with Gasteiger partial charge in [0.2, 0.25) is 11.7 Å². The van der Waals surface area contributed by atoms with Crippen LogP contribution in [0.3, 0.4) is 0 Å². The standard InChI is InChI=1S/C19H25N5O3/c1-13(2)21-18(25)24-11-15(19(12-24)5-8-26-9-6-19)17-22-16(23-27-17)14-4-3-7-20-10-14/h3-4,7,10,13,15H,5-6,8-9,11-12H2,1-2H3,(H,21,25). The number of carbonyl (C=O) groups is 1. The van der Waals surface area contributed by atoms with Crippen LogP contribution < -0.4 is 5.32 Å². The molecule has 2 aromatic rings. The Bertz CT molecular complexity index is 786. The van der Waals surface area contributed by atoms with E-state index in [9.17, 15) is 4.79 Å². The van der Waals surface area contributed by atoms with E-state index in [4.69, 9.17) is 9.26 Å². The highest BCUT2D eigenvalue weighted by Gasteiger charge is 2.51. The van der Waals surface area contributed by atoms with E-state index in [1.807, 2.05) is 30.9 Å². The highest BCUT2D eigenvalue weighted by molar-refractivity contribution is 5.75. The van der Waals surface area contributed by atoms with Crippen molar-refractivity contribution < 1.29 is 14.1 Å². The summed E-state index contributed by atoms with van der Waals surface area (Å²) >= 11 is 0. The molecule has 2 saturated heterocycles. The Kier molecular flexibility index (Phi) is 4.82. The lowest BCUT2D eigenvalue weighted by Crippen LogP contribution is -2.43. The average molecular weight is 371 g/mol. The molecule has 2 aromatic heterocycles. The first-order valence-corrected chi connectivity index (χ1v) is 9.45. The molecule has 0 radical (unpaired) electrons. The van der Waals surface area contributed by atoms with Crippen molar-refractivity contribution in [2.24, 2.45) is 5.41 Å². The second-order valence-corrected chi connectivity index (χ2v) is 7.71. The lowest BCUT2D eigenvalue weighted by Gasteiger charge is -2.36. The fraction of sp³-hybridized carbons (Fsp3) is 0.579. The van der Waals surface area contributed by atoms with Crippen molar-refractivity contribution in [1.29, 1.82) is 0 Å². The molecule has 0 bridgehead atoms. The van der Waals surface area contributed by atoms with Crippen LogP contribution in [0.5, 0.6) is 0 Å². The molecule has 2 amide bonds. The zero-order chi connectivity index (χ0) is 18.9. The van der Waals surface area contributed by atoms with Crippen LogP contribution >= 0.6 is 0 Å². The zero-order valence-electron chi connectivity index (χ0n) is 15.7. The molecular weight excluding hydrogens is 346 g/mol. The molecule has 1 atom stereocenters. The van der Waals surface area contributed by atoms with E-state index in [2.05, 4.69) is 20.4 Å².